The largest absolute Gasteiger partial charge is 0.375 e. The molecule has 0 radical (unpaired) electrons. The third-order valence-electron chi connectivity index (χ3n) is 3.51. The van der Waals surface area contributed by atoms with Crippen LogP contribution in [0.5, 0.6) is 0 Å². The Hall–Kier alpha value is -1.05. The van der Waals surface area contributed by atoms with Crippen LogP contribution in [0.15, 0.2) is 17.1 Å². The van der Waals surface area contributed by atoms with Gasteiger partial charge in [-0.05, 0) is 33.8 Å². The summed E-state index contributed by atoms with van der Waals surface area (Å²) in [5, 5.41) is 0. The lowest BCUT2D eigenvalue weighted by molar-refractivity contribution is -0.0377. The number of hydrogen-bond donors (Lipinski definition) is 0. The highest BCUT2D eigenvalue weighted by Crippen LogP contribution is 2.31. The molecule has 0 saturated carbocycles. The van der Waals surface area contributed by atoms with Crippen LogP contribution in [0.1, 0.15) is 33.9 Å². The Morgan fingerprint density at radius 2 is 2.23 bits per heavy atom. The zero-order chi connectivity index (χ0) is 16.1. The molecule has 0 aromatic carbocycles. The number of aromatic nitrogens is 2. The summed E-state index contributed by atoms with van der Waals surface area (Å²) in [7, 11) is 0. The second-order valence-corrected chi connectivity index (χ2v) is 6.58. The van der Waals surface area contributed by atoms with Gasteiger partial charge in [-0.25, -0.2) is 4.79 Å². The molecule has 2 atom stereocenters. The standard InChI is InChI=1S/C15H25N3O3S/c1-5-17(6-2)12-7-8-18(15(19)16-12)13-10-22-14(21-13)9-20-11(3)4/h7-8,11,13-14H,5-6,9-10H2,1-4H3/t13-,14?/m0/s1. The number of anilines is 1. The molecule has 0 bridgehead atoms. The Labute approximate surface area is 135 Å². The molecule has 0 amide bonds. The maximum atomic E-state index is 12.2. The van der Waals surface area contributed by atoms with Crippen molar-refractivity contribution >= 4 is 17.6 Å². The highest BCUT2D eigenvalue weighted by atomic mass is 32.2. The fourth-order valence-corrected chi connectivity index (χ4v) is 3.29. The van der Waals surface area contributed by atoms with Gasteiger partial charge in [0.1, 0.15) is 17.5 Å². The predicted molar refractivity (Wildman–Crippen MR) is 89.5 cm³/mol. The highest BCUT2D eigenvalue weighted by molar-refractivity contribution is 8.00. The van der Waals surface area contributed by atoms with Crippen LogP contribution in [0.25, 0.3) is 0 Å². The Morgan fingerprint density at radius 1 is 1.50 bits per heavy atom. The lowest BCUT2D eigenvalue weighted by Gasteiger charge is -2.21. The van der Waals surface area contributed by atoms with Crippen molar-refractivity contribution in [3.05, 3.63) is 22.7 Å². The van der Waals surface area contributed by atoms with Crippen LogP contribution in [0, 0.1) is 0 Å². The summed E-state index contributed by atoms with van der Waals surface area (Å²) in [6.07, 6.45) is 1.69. The van der Waals surface area contributed by atoms with Crippen LogP contribution < -0.4 is 10.6 Å². The van der Waals surface area contributed by atoms with Crippen molar-refractivity contribution in [2.24, 2.45) is 0 Å². The maximum absolute atomic E-state index is 12.2. The van der Waals surface area contributed by atoms with E-state index in [4.69, 9.17) is 9.47 Å². The molecular formula is C15H25N3O3S. The fraction of sp³-hybridized carbons (Fsp3) is 0.733. The third kappa shape index (κ3) is 4.24. The molecule has 0 N–H and O–H groups in total. The first-order chi connectivity index (χ1) is 10.5. The minimum absolute atomic E-state index is 0.0261. The first-order valence-corrected chi connectivity index (χ1v) is 8.82. The first-order valence-electron chi connectivity index (χ1n) is 7.77. The number of nitrogens with zero attached hydrogens (tertiary/aromatic N) is 3. The van der Waals surface area contributed by atoms with Crippen LogP contribution in [0.3, 0.4) is 0 Å². The van der Waals surface area contributed by atoms with Gasteiger partial charge in [-0.15, -0.1) is 11.8 Å². The number of ether oxygens (including phenoxy) is 2. The minimum atomic E-state index is -0.267. The molecule has 0 aliphatic carbocycles. The molecule has 1 aromatic rings. The summed E-state index contributed by atoms with van der Waals surface area (Å²) in [5.41, 5.74) is -0.290. The van der Waals surface area contributed by atoms with Crippen LogP contribution >= 0.6 is 11.8 Å². The highest BCUT2D eigenvalue weighted by Gasteiger charge is 2.28. The Balaban J connectivity index is 2.03. The van der Waals surface area contributed by atoms with E-state index in [0.717, 1.165) is 24.7 Å². The summed E-state index contributed by atoms with van der Waals surface area (Å²) < 4.78 is 13.0. The average Bonchev–Trinajstić information content (AvgIpc) is 2.95. The van der Waals surface area contributed by atoms with Crippen molar-refractivity contribution in [1.29, 1.82) is 0 Å². The SMILES string of the molecule is CCN(CC)c1ccn([C@@H]2CSC(COC(C)C)O2)c(=O)n1. The van der Waals surface area contributed by atoms with E-state index in [1.807, 2.05) is 33.8 Å². The Morgan fingerprint density at radius 3 is 2.82 bits per heavy atom. The van der Waals surface area contributed by atoms with Gasteiger partial charge in [0.2, 0.25) is 0 Å². The lowest BCUT2D eigenvalue weighted by atomic mass is 10.4. The molecule has 6 nitrogen and oxygen atoms in total. The number of rotatable bonds is 7. The second-order valence-electron chi connectivity index (χ2n) is 5.38. The van der Waals surface area contributed by atoms with Gasteiger partial charge in [0.05, 0.1) is 12.7 Å². The third-order valence-corrected chi connectivity index (χ3v) is 4.61. The smallest absolute Gasteiger partial charge is 0.351 e. The summed E-state index contributed by atoms with van der Waals surface area (Å²) in [4.78, 5) is 18.5. The maximum Gasteiger partial charge on any atom is 0.351 e. The van der Waals surface area contributed by atoms with Gasteiger partial charge in [-0.2, -0.15) is 4.98 Å². The van der Waals surface area contributed by atoms with E-state index in [0.29, 0.717) is 6.61 Å². The molecule has 1 saturated heterocycles. The molecule has 0 spiro atoms. The first kappa shape index (κ1) is 17.3. The van der Waals surface area contributed by atoms with Crippen LogP contribution in [0.4, 0.5) is 5.82 Å². The minimum Gasteiger partial charge on any atom is -0.375 e. The monoisotopic (exact) mass is 327 g/mol. The number of hydrogen-bond acceptors (Lipinski definition) is 6. The topological polar surface area (TPSA) is 56.6 Å². The van der Waals surface area contributed by atoms with Gasteiger partial charge in [0.15, 0.2) is 0 Å². The molecule has 1 unspecified atom stereocenters. The van der Waals surface area contributed by atoms with Crippen molar-refractivity contribution in [3.8, 4) is 0 Å². The van der Waals surface area contributed by atoms with Crippen molar-refractivity contribution in [2.75, 3.05) is 30.3 Å². The number of thioether (sulfide) groups is 1. The van der Waals surface area contributed by atoms with Crippen molar-refractivity contribution in [2.45, 2.75) is 45.5 Å². The predicted octanol–water partition coefficient (Wildman–Crippen LogP) is 2.10. The molecule has 22 heavy (non-hydrogen) atoms. The molecule has 7 heteroatoms. The van der Waals surface area contributed by atoms with Gasteiger partial charge < -0.3 is 14.4 Å². The Kier molecular flexibility index (Phi) is 6.28. The van der Waals surface area contributed by atoms with E-state index >= 15 is 0 Å². The summed E-state index contributed by atoms with van der Waals surface area (Å²) in [6, 6.07) is 1.88. The van der Waals surface area contributed by atoms with E-state index in [1.165, 1.54) is 0 Å². The van der Waals surface area contributed by atoms with Crippen molar-refractivity contribution in [1.82, 2.24) is 9.55 Å². The quantitative estimate of drug-likeness (QED) is 0.764. The van der Waals surface area contributed by atoms with Crippen molar-refractivity contribution in [3.63, 3.8) is 0 Å². The molecule has 2 rings (SSSR count). The van der Waals surface area contributed by atoms with E-state index in [-0.39, 0.29) is 23.5 Å². The van der Waals surface area contributed by atoms with Gasteiger partial charge in [0, 0.05) is 25.0 Å². The normalized spacial score (nSPS) is 21.5. The molecule has 1 aliphatic heterocycles. The second kappa shape index (κ2) is 7.99. The van der Waals surface area contributed by atoms with Crippen LogP contribution in [0.2, 0.25) is 0 Å². The zero-order valence-corrected chi connectivity index (χ0v) is 14.5. The van der Waals surface area contributed by atoms with Crippen molar-refractivity contribution < 1.29 is 9.47 Å². The molecule has 1 aliphatic rings. The summed E-state index contributed by atoms with van der Waals surface area (Å²) in [6.45, 7) is 10.3. The van der Waals surface area contributed by atoms with E-state index in [1.54, 1.807) is 22.5 Å². The van der Waals surface area contributed by atoms with Gasteiger partial charge in [0.25, 0.3) is 0 Å². The van der Waals surface area contributed by atoms with Gasteiger partial charge >= 0.3 is 5.69 Å². The Bertz CT molecular complexity index is 531. The van der Waals surface area contributed by atoms with Gasteiger partial charge in [-0.1, -0.05) is 0 Å². The summed E-state index contributed by atoms with van der Waals surface area (Å²) in [5.74, 6) is 1.45. The van der Waals surface area contributed by atoms with Crippen LogP contribution in [-0.4, -0.2) is 46.5 Å². The molecule has 2 heterocycles. The van der Waals surface area contributed by atoms with Gasteiger partial charge in [-0.3, -0.25) is 4.57 Å². The molecule has 1 aromatic heterocycles. The van der Waals surface area contributed by atoms with E-state index < -0.39 is 0 Å². The average molecular weight is 327 g/mol. The zero-order valence-electron chi connectivity index (χ0n) is 13.7. The molecule has 1 fully saturated rings. The van der Waals surface area contributed by atoms with Crippen LogP contribution in [-0.2, 0) is 9.47 Å². The summed E-state index contributed by atoms with van der Waals surface area (Å²) >= 11 is 1.67. The molecule has 124 valence electrons. The lowest BCUT2D eigenvalue weighted by Crippen LogP contribution is -2.32. The van der Waals surface area contributed by atoms with E-state index in [9.17, 15) is 4.79 Å². The molecular weight excluding hydrogens is 302 g/mol. The fourth-order valence-electron chi connectivity index (χ4n) is 2.29. The van der Waals surface area contributed by atoms with E-state index in [2.05, 4.69) is 9.88 Å².